The van der Waals surface area contributed by atoms with Crippen molar-refractivity contribution in [3.63, 3.8) is 0 Å². The van der Waals surface area contributed by atoms with Crippen molar-refractivity contribution >= 4 is 12.4 Å². The fraction of sp³-hybridized carbons (Fsp3) is 0.103. The Labute approximate surface area is 197 Å². The lowest BCUT2D eigenvalue weighted by molar-refractivity contribution is -0.198. The van der Waals surface area contributed by atoms with Crippen LogP contribution in [0, 0.1) is 0 Å². The van der Waals surface area contributed by atoms with Gasteiger partial charge in [-0.25, -0.2) is 9.86 Å². The van der Waals surface area contributed by atoms with Crippen LogP contribution in [0.15, 0.2) is 103 Å². The van der Waals surface area contributed by atoms with Crippen LogP contribution in [0.1, 0.15) is 28.7 Å². The molecule has 0 saturated heterocycles. The first-order valence-electron chi connectivity index (χ1n) is 11.1. The number of carbonyl (C=O) groups is 2. The van der Waals surface area contributed by atoms with E-state index in [9.17, 15) is 14.7 Å². The number of carbonyl (C=O) groups excluding carboxylic acids is 1. The first-order chi connectivity index (χ1) is 16.7. The average molecular weight is 450 g/mol. The molecule has 4 aromatic rings. The largest absolute Gasteiger partial charge is 0.479 e. The van der Waals surface area contributed by atoms with Crippen molar-refractivity contribution in [2.75, 3.05) is 6.61 Å². The monoisotopic (exact) mass is 449 g/mol. The van der Waals surface area contributed by atoms with Crippen molar-refractivity contribution < 1.29 is 19.5 Å². The molecule has 1 amide bonds. The van der Waals surface area contributed by atoms with Gasteiger partial charge in [-0.05, 0) is 38.9 Å². The third-order valence-corrected chi connectivity index (χ3v) is 6.28. The van der Waals surface area contributed by atoms with Gasteiger partial charge in [0, 0.05) is 5.92 Å². The van der Waals surface area contributed by atoms with Gasteiger partial charge in [-0.15, -0.1) is 0 Å². The maximum atomic E-state index is 12.2. The van der Waals surface area contributed by atoms with Crippen molar-refractivity contribution in [2.24, 2.45) is 0 Å². The summed E-state index contributed by atoms with van der Waals surface area (Å²) in [7, 11) is 0. The molecule has 1 aliphatic carbocycles. The van der Waals surface area contributed by atoms with Crippen LogP contribution in [0.4, 0.5) is 0 Å². The van der Waals surface area contributed by atoms with E-state index in [2.05, 4.69) is 12.1 Å². The minimum absolute atomic E-state index is 0.0928. The molecule has 0 bridgehead atoms. The number of hydroxylamine groups is 2. The number of hydrogen-bond donors (Lipinski definition) is 1. The number of rotatable bonds is 8. The number of carboxylic acid groups (broad SMARTS) is 1. The van der Waals surface area contributed by atoms with Crippen LogP contribution in [0.2, 0.25) is 0 Å². The lowest BCUT2D eigenvalue weighted by atomic mass is 9.98. The number of benzene rings is 4. The molecule has 1 unspecified atom stereocenters. The minimum atomic E-state index is -1.26. The van der Waals surface area contributed by atoms with Crippen LogP contribution in [0.5, 0.6) is 0 Å². The van der Waals surface area contributed by atoms with Crippen LogP contribution in [0.25, 0.3) is 22.3 Å². The van der Waals surface area contributed by atoms with Crippen LogP contribution < -0.4 is 0 Å². The fourth-order valence-corrected chi connectivity index (χ4v) is 4.65. The third-order valence-electron chi connectivity index (χ3n) is 6.28. The van der Waals surface area contributed by atoms with E-state index < -0.39 is 12.0 Å². The zero-order valence-corrected chi connectivity index (χ0v) is 18.4. The predicted molar refractivity (Wildman–Crippen MR) is 130 cm³/mol. The molecular formula is C29H23NO4. The molecule has 5 heteroatoms. The predicted octanol–water partition coefficient (Wildman–Crippen LogP) is 5.68. The zero-order valence-electron chi connectivity index (χ0n) is 18.4. The molecule has 0 radical (unpaired) electrons. The topological polar surface area (TPSA) is 66.8 Å². The molecule has 0 aliphatic heterocycles. The summed E-state index contributed by atoms with van der Waals surface area (Å²) in [6, 6.07) is 31.9. The summed E-state index contributed by atoms with van der Waals surface area (Å²) in [6.07, 6.45) is 0.441. The van der Waals surface area contributed by atoms with Crippen molar-refractivity contribution in [1.29, 1.82) is 0 Å². The highest BCUT2D eigenvalue weighted by atomic mass is 16.7. The van der Waals surface area contributed by atoms with Crippen LogP contribution in [-0.2, 0) is 14.4 Å². The van der Waals surface area contributed by atoms with E-state index in [1.165, 1.54) is 0 Å². The van der Waals surface area contributed by atoms with Crippen LogP contribution >= 0.6 is 0 Å². The Kier molecular flexibility index (Phi) is 5.93. The first-order valence-corrected chi connectivity index (χ1v) is 11.1. The molecule has 0 spiro atoms. The third kappa shape index (κ3) is 3.98. The van der Waals surface area contributed by atoms with Gasteiger partial charge in [-0.2, -0.15) is 0 Å². The SMILES string of the molecule is O=CN(OCC1c2ccccc2-c2ccccc21)C(C(=O)O)c1ccc(-c2ccccc2)cc1. The summed E-state index contributed by atoms with van der Waals surface area (Å²) in [5.74, 6) is -1.25. The Bertz CT molecular complexity index is 1270. The van der Waals surface area contributed by atoms with Gasteiger partial charge in [0.1, 0.15) is 0 Å². The second-order valence-corrected chi connectivity index (χ2v) is 8.22. The van der Waals surface area contributed by atoms with E-state index in [4.69, 9.17) is 4.84 Å². The van der Waals surface area contributed by atoms with Gasteiger partial charge in [-0.1, -0.05) is 103 Å². The smallest absolute Gasteiger partial charge is 0.333 e. The van der Waals surface area contributed by atoms with Gasteiger partial charge >= 0.3 is 5.97 Å². The number of fused-ring (bicyclic) bond motifs is 3. The number of amides is 1. The molecule has 1 N–H and O–H groups in total. The number of hydrogen-bond acceptors (Lipinski definition) is 3. The molecule has 5 rings (SSSR count). The Morgan fingerprint density at radius 2 is 1.32 bits per heavy atom. The summed E-state index contributed by atoms with van der Waals surface area (Å²) >= 11 is 0. The molecule has 5 nitrogen and oxygen atoms in total. The second kappa shape index (κ2) is 9.33. The standard InChI is InChI=1S/C29H23NO4/c31-19-30(28(29(32)33)22-16-14-21(15-17-22)20-8-2-1-3-9-20)34-18-27-25-12-6-4-10-23(25)24-11-5-7-13-26(24)27/h1-17,19,27-28H,18H2,(H,32,33). The molecule has 0 fully saturated rings. The van der Waals surface area contributed by atoms with Gasteiger partial charge in [-0.3, -0.25) is 9.63 Å². The van der Waals surface area contributed by atoms with Crippen molar-refractivity contribution in [1.82, 2.24) is 5.06 Å². The first kappa shape index (κ1) is 21.6. The zero-order chi connectivity index (χ0) is 23.5. The van der Waals surface area contributed by atoms with Gasteiger partial charge < -0.3 is 5.11 Å². The number of aliphatic carboxylic acids is 1. The maximum absolute atomic E-state index is 12.2. The van der Waals surface area contributed by atoms with E-state index in [1.54, 1.807) is 12.1 Å². The van der Waals surface area contributed by atoms with Crippen LogP contribution in [-0.4, -0.2) is 29.2 Å². The highest BCUT2D eigenvalue weighted by Gasteiger charge is 2.32. The normalized spacial score (nSPS) is 13.1. The van der Waals surface area contributed by atoms with Gasteiger partial charge in [0.2, 0.25) is 6.41 Å². The number of nitrogens with zero attached hydrogens (tertiary/aromatic N) is 1. The minimum Gasteiger partial charge on any atom is -0.479 e. The average Bonchev–Trinajstić information content (AvgIpc) is 3.21. The molecule has 0 saturated carbocycles. The molecule has 1 atom stereocenters. The maximum Gasteiger partial charge on any atom is 0.333 e. The Morgan fingerprint density at radius 1 is 0.794 bits per heavy atom. The fourth-order valence-electron chi connectivity index (χ4n) is 4.65. The summed E-state index contributed by atoms with van der Waals surface area (Å²) in [4.78, 5) is 30.0. The van der Waals surface area contributed by atoms with E-state index in [-0.39, 0.29) is 12.5 Å². The number of carboxylic acids is 1. The highest BCUT2D eigenvalue weighted by Crippen LogP contribution is 2.44. The van der Waals surface area contributed by atoms with Gasteiger partial charge in [0.25, 0.3) is 0 Å². The summed E-state index contributed by atoms with van der Waals surface area (Å²) in [5, 5.41) is 10.8. The molecule has 34 heavy (non-hydrogen) atoms. The van der Waals surface area contributed by atoms with Gasteiger partial charge in [0.05, 0.1) is 6.61 Å². The Hall–Kier alpha value is -4.22. The molecule has 1 aliphatic rings. The van der Waals surface area contributed by atoms with Crippen LogP contribution in [0.3, 0.4) is 0 Å². The summed E-state index contributed by atoms with van der Waals surface area (Å²) in [6.45, 7) is 0.151. The lowest BCUT2D eigenvalue weighted by Gasteiger charge is -2.26. The molecule has 0 aromatic heterocycles. The summed E-state index contributed by atoms with van der Waals surface area (Å²) in [5.41, 5.74) is 6.94. The quantitative estimate of drug-likeness (QED) is 0.278. The molecular weight excluding hydrogens is 426 g/mol. The highest BCUT2D eigenvalue weighted by molar-refractivity contribution is 5.79. The van der Waals surface area contributed by atoms with E-state index in [0.717, 1.165) is 38.4 Å². The van der Waals surface area contributed by atoms with E-state index in [1.807, 2.05) is 78.9 Å². The van der Waals surface area contributed by atoms with E-state index >= 15 is 0 Å². The van der Waals surface area contributed by atoms with Crippen molar-refractivity contribution in [3.05, 3.63) is 120 Å². The van der Waals surface area contributed by atoms with Crippen molar-refractivity contribution in [3.8, 4) is 22.3 Å². The molecule has 4 aromatic carbocycles. The van der Waals surface area contributed by atoms with Crippen molar-refractivity contribution in [2.45, 2.75) is 12.0 Å². The van der Waals surface area contributed by atoms with Gasteiger partial charge in [0.15, 0.2) is 6.04 Å². The second-order valence-electron chi connectivity index (χ2n) is 8.22. The Morgan fingerprint density at radius 3 is 1.88 bits per heavy atom. The lowest BCUT2D eigenvalue weighted by Crippen LogP contribution is -2.34. The summed E-state index contributed by atoms with van der Waals surface area (Å²) < 4.78 is 0. The molecule has 168 valence electrons. The molecule has 0 heterocycles. The Balaban J connectivity index is 1.39. The van der Waals surface area contributed by atoms with E-state index in [0.29, 0.717) is 12.0 Å².